The van der Waals surface area contributed by atoms with Gasteiger partial charge in [0.1, 0.15) is 0 Å². The number of halogens is 3. The van der Waals surface area contributed by atoms with Crippen molar-refractivity contribution in [3.8, 4) is 0 Å². The van der Waals surface area contributed by atoms with Crippen LogP contribution in [-0.2, 0) is 0 Å². The number of likely N-dealkylation sites (tertiary alicyclic amines) is 1. The third-order valence-electron chi connectivity index (χ3n) is 3.62. The summed E-state index contributed by atoms with van der Waals surface area (Å²) in [6.45, 7) is 2.90. The molecule has 0 spiro atoms. The highest BCUT2D eigenvalue weighted by Crippen LogP contribution is 2.33. The summed E-state index contributed by atoms with van der Waals surface area (Å²) in [5, 5.41) is 3.09. The van der Waals surface area contributed by atoms with E-state index >= 15 is 0 Å². The molecule has 1 atom stereocenters. The lowest BCUT2D eigenvalue weighted by atomic mass is 9.97. The fourth-order valence-electron chi connectivity index (χ4n) is 2.52. The zero-order valence-electron chi connectivity index (χ0n) is 11.2. The molecule has 0 aromatic heterocycles. The quantitative estimate of drug-likeness (QED) is 0.713. The minimum absolute atomic E-state index is 0.208. The van der Waals surface area contributed by atoms with Crippen LogP contribution in [0.25, 0.3) is 0 Å². The smallest absolute Gasteiger partial charge is 0.320 e. The normalized spacial score (nSPS) is 22.3. The van der Waals surface area contributed by atoms with Gasteiger partial charge in [-0.05, 0) is 52.4 Å². The highest BCUT2D eigenvalue weighted by Gasteiger charge is 2.41. The number of piperidine rings is 1. The molecule has 5 heteroatoms. The van der Waals surface area contributed by atoms with Gasteiger partial charge in [0.25, 0.3) is 0 Å². The van der Waals surface area contributed by atoms with Crippen molar-refractivity contribution in [1.29, 1.82) is 0 Å². The van der Waals surface area contributed by atoms with Crippen molar-refractivity contribution in [1.82, 2.24) is 10.2 Å². The first-order valence-electron chi connectivity index (χ1n) is 6.97. The van der Waals surface area contributed by atoms with Gasteiger partial charge in [-0.3, -0.25) is 0 Å². The van der Waals surface area contributed by atoms with Gasteiger partial charge in [-0.1, -0.05) is 12.8 Å². The lowest BCUT2D eigenvalue weighted by Crippen LogP contribution is -2.42. The molecule has 0 saturated carbocycles. The molecule has 0 aliphatic carbocycles. The molecule has 18 heavy (non-hydrogen) atoms. The predicted molar refractivity (Wildman–Crippen MR) is 67.6 cm³/mol. The summed E-state index contributed by atoms with van der Waals surface area (Å²) >= 11 is 0. The Balaban J connectivity index is 2.11. The molecule has 2 nitrogen and oxygen atoms in total. The number of unbranched alkanes of at least 4 members (excludes halogenated alkanes) is 3. The fraction of sp³-hybridized carbons (Fsp3) is 1.00. The van der Waals surface area contributed by atoms with Crippen LogP contribution in [0.15, 0.2) is 0 Å². The monoisotopic (exact) mass is 266 g/mol. The van der Waals surface area contributed by atoms with Crippen LogP contribution < -0.4 is 5.32 Å². The predicted octanol–water partition coefficient (Wildman–Crippen LogP) is 3.04. The number of nitrogens with zero attached hydrogens (tertiary/aromatic N) is 1. The van der Waals surface area contributed by atoms with Crippen molar-refractivity contribution < 1.29 is 13.2 Å². The van der Waals surface area contributed by atoms with Gasteiger partial charge in [0, 0.05) is 6.54 Å². The second-order valence-corrected chi connectivity index (χ2v) is 5.20. The molecule has 0 radical (unpaired) electrons. The van der Waals surface area contributed by atoms with E-state index in [1.807, 2.05) is 11.9 Å². The van der Waals surface area contributed by atoms with Gasteiger partial charge in [0.2, 0.25) is 0 Å². The maximum Gasteiger partial charge on any atom is 0.393 e. The molecule has 1 N–H and O–H groups in total. The summed E-state index contributed by atoms with van der Waals surface area (Å²) in [7, 11) is 1.94. The van der Waals surface area contributed by atoms with Crippen LogP contribution in [0.5, 0.6) is 0 Å². The Hall–Kier alpha value is -0.290. The van der Waals surface area contributed by atoms with Gasteiger partial charge >= 0.3 is 6.18 Å². The molecule has 1 heterocycles. The first-order valence-corrected chi connectivity index (χ1v) is 6.97. The molecule has 1 rings (SSSR count). The van der Waals surface area contributed by atoms with Gasteiger partial charge in [0.05, 0.1) is 5.92 Å². The standard InChI is InChI=1S/C13H25F3N2/c1-17-8-4-2-3-5-9-18-10-6-7-12(11-18)13(14,15)16/h12,17H,2-11H2,1H3. The molecule has 1 saturated heterocycles. The number of nitrogens with one attached hydrogen (secondary N) is 1. The third-order valence-corrected chi connectivity index (χ3v) is 3.62. The van der Waals surface area contributed by atoms with Gasteiger partial charge < -0.3 is 10.2 Å². The van der Waals surface area contributed by atoms with Crippen LogP contribution in [-0.4, -0.2) is 44.3 Å². The summed E-state index contributed by atoms with van der Waals surface area (Å²) in [4.78, 5) is 1.99. The summed E-state index contributed by atoms with van der Waals surface area (Å²) in [5.41, 5.74) is 0. The Morgan fingerprint density at radius 2 is 1.89 bits per heavy atom. The summed E-state index contributed by atoms with van der Waals surface area (Å²) in [6.07, 6.45) is 1.44. The number of rotatable bonds is 7. The Labute approximate surface area is 108 Å². The van der Waals surface area contributed by atoms with E-state index < -0.39 is 12.1 Å². The minimum Gasteiger partial charge on any atom is -0.320 e. The Morgan fingerprint density at radius 3 is 2.56 bits per heavy atom. The van der Waals surface area contributed by atoms with Crippen molar-refractivity contribution in [2.45, 2.75) is 44.7 Å². The number of alkyl halides is 3. The molecule has 1 unspecified atom stereocenters. The van der Waals surface area contributed by atoms with E-state index in [1.54, 1.807) is 0 Å². The third kappa shape index (κ3) is 6.05. The average molecular weight is 266 g/mol. The Kier molecular flexibility index (Phi) is 7.00. The molecule has 1 aliphatic rings. The van der Waals surface area contributed by atoms with Crippen LogP contribution >= 0.6 is 0 Å². The maximum atomic E-state index is 12.6. The van der Waals surface area contributed by atoms with Gasteiger partial charge in [-0.15, -0.1) is 0 Å². The zero-order chi connectivity index (χ0) is 13.4. The van der Waals surface area contributed by atoms with E-state index in [0.29, 0.717) is 12.8 Å². The Bertz CT molecular complexity index is 219. The average Bonchev–Trinajstić information content (AvgIpc) is 2.33. The van der Waals surface area contributed by atoms with E-state index in [0.717, 1.165) is 45.3 Å². The van der Waals surface area contributed by atoms with Crippen molar-refractivity contribution in [3.05, 3.63) is 0 Å². The molecule has 1 fully saturated rings. The molecule has 1 aliphatic heterocycles. The van der Waals surface area contributed by atoms with Crippen molar-refractivity contribution in [2.24, 2.45) is 5.92 Å². The molecule has 108 valence electrons. The summed E-state index contributed by atoms with van der Waals surface area (Å²) in [5.74, 6) is -1.10. The summed E-state index contributed by atoms with van der Waals surface area (Å²) < 4.78 is 37.8. The molecule has 0 aromatic carbocycles. The molecule has 0 amide bonds. The van der Waals surface area contributed by atoms with Crippen LogP contribution in [0.4, 0.5) is 13.2 Å². The number of hydrogen-bond donors (Lipinski definition) is 1. The van der Waals surface area contributed by atoms with Crippen LogP contribution in [0, 0.1) is 5.92 Å². The minimum atomic E-state index is -4.01. The molecule has 0 bridgehead atoms. The molecule has 0 aromatic rings. The lowest BCUT2D eigenvalue weighted by Gasteiger charge is -2.33. The van der Waals surface area contributed by atoms with Gasteiger partial charge in [-0.25, -0.2) is 0 Å². The van der Waals surface area contributed by atoms with Crippen LogP contribution in [0.1, 0.15) is 38.5 Å². The fourth-order valence-corrected chi connectivity index (χ4v) is 2.52. The van der Waals surface area contributed by atoms with Crippen molar-refractivity contribution in [2.75, 3.05) is 33.2 Å². The van der Waals surface area contributed by atoms with Crippen LogP contribution in [0.2, 0.25) is 0 Å². The van der Waals surface area contributed by atoms with Gasteiger partial charge in [0.15, 0.2) is 0 Å². The van der Waals surface area contributed by atoms with E-state index in [9.17, 15) is 13.2 Å². The van der Waals surface area contributed by atoms with Crippen molar-refractivity contribution >= 4 is 0 Å². The first kappa shape index (κ1) is 15.8. The highest BCUT2D eigenvalue weighted by molar-refractivity contribution is 4.77. The van der Waals surface area contributed by atoms with Crippen LogP contribution in [0.3, 0.4) is 0 Å². The Morgan fingerprint density at radius 1 is 1.17 bits per heavy atom. The SMILES string of the molecule is CNCCCCCCN1CCCC(C(F)(F)F)C1. The lowest BCUT2D eigenvalue weighted by molar-refractivity contribution is -0.186. The topological polar surface area (TPSA) is 15.3 Å². The van der Waals surface area contributed by atoms with E-state index in [-0.39, 0.29) is 6.54 Å². The number of hydrogen-bond acceptors (Lipinski definition) is 2. The van der Waals surface area contributed by atoms with Gasteiger partial charge in [-0.2, -0.15) is 13.2 Å². The largest absolute Gasteiger partial charge is 0.393 e. The second-order valence-electron chi connectivity index (χ2n) is 5.20. The zero-order valence-corrected chi connectivity index (χ0v) is 11.2. The first-order chi connectivity index (χ1) is 8.54. The highest BCUT2D eigenvalue weighted by atomic mass is 19.4. The van der Waals surface area contributed by atoms with E-state index in [2.05, 4.69) is 5.32 Å². The van der Waals surface area contributed by atoms with E-state index in [1.165, 1.54) is 0 Å². The van der Waals surface area contributed by atoms with Crippen molar-refractivity contribution in [3.63, 3.8) is 0 Å². The maximum absolute atomic E-state index is 12.6. The second kappa shape index (κ2) is 8.00. The summed E-state index contributed by atoms with van der Waals surface area (Å²) in [6, 6.07) is 0. The molecular weight excluding hydrogens is 241 g/mol. The van der Waals surface area contributed by atoms with E-state index in [4.69, 9.17) is 0 Å². The molecular formula is C13H25F3N2.